The van der Waals surface area contributed by atoms with Crippen molar-refractivity contribution in [3.05, 3.63) is 77.5 Å². The summed E-state index contributed by atoms with van der Waals surface area (Å²) in [6, 6.07) is 18.2. The molecule has 0 saturated carbocycles. The van der Waals surface area contributed by atoms with E-state index in [4.69, 9.17) is 0 Å². The van der Waals surface area contributed by atoms with E-state index in [0.717, 1.165) is 23.2 Å². The quantitative estimate of drug-likeness (QED) is 0.835. The van der Waals surface area contributed by atoms with Crippen LogP contribution in [0.1, 0.15) is 22.6 Å². The zero-order chi connectivity index (χ0) is 14.8. The fourth-order valence-corrected chi connectivity index (χ4v) is 2.87. The Morgan fingerprint density at radius 2 is 1.81 bits per heavy atom. The molecule has 2 aromatic carbocycles. The SMILES string of the molecule is Cc1cccc(C2=CN(C)CC(c3ccccc3)C2=O)c1. The third kappa shape index (κ3) is 2.75. The normalized spacial score (nSPS) is 18.6. The van der Waals surface area contributed by atoms with Gasteiger partial charge in [0.15, 0.2) is 5.78 Å². The zero-order valence-corrected chi connectivity index (χ0v) is 12.4. The lowest BCUT2D eigenvalue weighted by atomic mass is 9.85. The van der Waals surface area contributed by atoms with Crippen LogP contribution in [0.5, 0.6) is 0 Å². The van der Waals surface area contributed by atoms with Gasteiger partial charge in [0, 0.05) is 25.4 Å². The summed E-state index contributed by atoms with van der Waals surface area (Å²) < 4.78 is 0. The van der Waals surface area contributed by atoms with Crippen molar-refractivity contribution in [1.82, 2.24) is 4.90 Å². The molecule has 1 aliphatic heterocycles. The zero-order valence-electron chi connectivity index (χ0n) is 12.4. The third-order valence-corrected chi connectivity index (χ3v) is 3.93. The van der Waals surface area contributed by atoms with Crippen LogP contribution in [0.3, 0.4) is 0 Å². The summed E-state index contributed by atoms with van der Waals surface area (Å²) in [6.07, 6.45) is 1.97. The number of carbonyl (C=O) groups excluding carboxylic acids is 1. The van der Waals surface area contributed by atoms with Crippen LogP contribution in [0.25, 0.3) is 5.57 Å². The van der Waals surface area contributed by atoms with E-state index in [1.807, 2.05) is 55.7 Å². The van der Waals surface area contributed by atoms with E-state index in [1.54, 1.807) is 0 Å². The topological polar surface area (TPSA) is 20.3 Å². The Morgan fingerprint density at radius 1 is 1.05 bits per heavy atom. The summed E-state index contributed by atoms with van der Waals surface area (Å²) in [4.78, 5) is 15.0. The number of likely N-dealkylation sites (N-methyl/N-ethyl adjacent to an activating group) is 1. The molecule has 1 atom stereocenters. The molecule has 0 saturated heterocycles. The molecule has 0 N–H and O–H groups in total. The summed E-state index contributed by atoms with van der Waals surface area (Å²) in [5, 5.41) is 0. The second kappa shape index (κ2) is 5.57. The fraction of sp³-hybridized carbons (Fsp3) is 0.211. The molecule has 1 aliphatic rings. The second-order valence-corrected chi connectivity index (χ2v) is 5.68. The maximum atomic E-state index is 12.9. The average molecular weight is 277 g/mol. The van der Waals surface area contributed by atoms with E-state index in [9.17, 15) is 4.79 Å². The molecule has 0 amide bonds. The molecule has 1 heterocycles. The van der Waals surface area contributed by atoms with Gasteiger partial charge in [-0.2, -0.15) is 0 Å². The molecule has 1 unspecified atom stereocenters. The van der Waals surface area contributed by atoms with Crippen LogP contribution in [0, 0.1) is 6.92 Å². The molecule has 2 nitrogen and oxygen atoms in total. The number of hydrogen-bond donors (Lipinski definition) is 0. The molecular formula is C19H19NO. The van der Waals surface area contributed by atoms with Crippen LogP contribution >= 0.6 is 0 Å². The third-order valence-electron chi connectivity index (χ3n) is 3.93. The Hall–Kier alpha value is -2.35. The van der Waals surface area contributed by atoms with Crippen LogP contribution in [-0.2, 0) is 4.79 Å². The summed E-state index contributed by atoms with van der Waals surface area (Å²) in [6.45, 7) is 2.79. The Morgan fingerprint density at radius 3 is 2.52 bits per heavy atom. The summed E-state index contributed by atoms with van der Waals surface area (Å²) in [5.41, 5.74) is 4.08. The maximum absolute atomic E-state index is 12.9. The highest BCUT2D eigenvalue weighted by Crippen LogP contribution is 2.31. The molecule has 3 rings (SSSR count). The van der Waals surface area contributed by atoms with Crippen molar-refractivity contribution in [1.29, 1.82) is 0 Å². The van der Waals surface area contributed by atoms with Crippen LogP contribution < -0.4 is 0 Å². The van der Waals surface area contributed by atoms with E-state index in [1.165, 1.54) is 5.56 Å². The van der Waals surface area contributed by atoms with Crippen molar-refractivity contribution >= 4 is 11.4 Å². The Labute approximate surface area is 125 Å². The lowest BCUT2D eigenvalue weighted by molar-refractivity contribution is -0.115. The van der Waals surface area contributed by atoms with E-state index < -0.39 is 0 Å². The predicted octanol–water partition coefficient (Wildman–Crippen LogP) is 3.63. The number of allylic oxidation sites excluding steroid dienone is 1. The molecule has 0 radical (unpaired) electrons. The molecule has 0 spiro atoms. The van der Waals surface area contributed by atoms with Gasteiger partial charge < -0.3 is 4.90 Å². The van der Waals surface area contributed by atoms with E-state index in [-0.39, 0.29) is 11.7 Å². The van der Waals surface area contributed by atoms with Crippen LogP contribution in [0.2, 0.25) is 0 Å². The van der Waals surface area contributed by atoms with Gasteiger partial charge in [-0.3, -0.25) is 4.79 Å². The Balaban J connectivity index is 2.00. The maximum Gasteiger partial charge on any atom is 0.174 e. The monoisotopic (exact) mass is 277 g/mol. The second-order valence-electron chi connectivity index (χ2n) is 5.68. The first-order chi connectivity index (χ1) is 10.1. The van der Waals surface area contributed by atoms with Gasteiger partial charge in [-0.15, -0.1) is 0 Å². The molecule has 21 heavy (non-hydrogen) atoms. The van der Waals surface area contributed by atoms with Crippen molar-refractivity contribution in [2.24, 2.45) is 0 Å². The number of aryl methyl sites for hydroxylation is 1. The number of nitrogens with zero attached hydrogens (tertiary/aromatic N) is 1. The minimum absolute atomic E-state index is 0.0864. The standard InChI is InChI=1S/C19H19NO/c1-14-7-6-10-16(11-14)18-13-20(2)12-17(19(18)21)15-8-4-3-5-9-15/h3-11,13,17H,12H2,1-2H3. The number of benzene rings is 2. The van der Waals surface area contributed by atoms with Gasteiger partial charge >= 0.3 is 0 Å². The molecule has 0 fully saturated rings. The van der Waals surface area contributed by atoms with Gasteiger partial charge in [-0.1, -0.05) is 60.2 Å². The van der Waals surface area contributed by atoms with Crippen LogP contribution in [-0.4, -0.2) is 24.3 Å². The highest BCUT2D eigenvalue weighted by molar-refractivity contribution is 6.24. The van der Waals surface area contributed by atoms with Crippen molar-refractivity contribution in [2.75, 3.05) is 13.6 Å². The number of rotatable bonds is 2. The van der Waals surface area contributed by atoms with Gasteiger partial charge in [-0.05, 0) is 18.1 Å². The number of hydrogen-bond acceptors (Lipinski definition) is 2. The van der Waals surface area contributed by atoms with Crippen LogP contribution in [0.4, 0.5) is 0 Å². The Kier molecular flexibility index (Phi) is 3.61. The van der Waals surface area contributed by atoms with E-state index in [2.05, 4.69) is 24.0 Å². The van der Waals surface area contributed by atoms with Crippen LogP contribution in [0.15, 0.2) is 60.8 Å². The fourth-order valence-electron chi connectivity index (χ4n) is 2.87. The van der Waals surface area contributed by atoms with E-state index in [0.29, 0.717) is 0 Å². The van der Waals surface area contributed by atoms with Gasteiger partial charge in [-0.25, -0.2) is 0 Å². The summed E-state index contributed by atoms with van der Waals surface area (Å²) >= 11 is 0. The van der Waals surface area contributed by atoms with Gasteiger partial charge in [0.25, 0.3) is 0 Å². The van der Waals surface area contributed by atoms with Crippen molar-refractivity contribution in [2.45, 2.75) is 12.8 Å². The molecule has 0 bridgehead atoms. The highest BCUT2D eigenvalue weighted by atomic mass is 16.1. The minimum Gasteiger partial charge on any atom is -0.379 e. The van der Waals surface area contributed by atoms with Crippen molar-refractivity contribution in [3.63, 3.8) is 0 Å². The van der Waals surface area contributed by atoms with Crippen molar-refractivity contribution < 1.29 is 4.79 Å². The number of Topliss-reactive ketones (excluding diaryl/α,β-unsaturated/α-hetero) is 1. The van der Waals surface area contributed by atoms with E-state index >= 15 is 0 Å². The highest BCUT2D eigenvalue weighted by Gasteiger charge is 2.29. The predicted molar refractivity (Wildman–Crippen MR) is 86.0 cm³/mol. The first-order valence-electron chi connectivity index (χ1n) is 7.23. The van der Waals surface area contributed by atoms with Crippen molar-refractivity contribution in [3.8, 4) is 0 Å². The van der Waals surface area contributed by atoms with Gasteiger partial charge in [0.2, 0.25) is 0 Å². The Bertz CT molecular complexity index is 688. The summed E-state index contributed by atoms with van der Waals surface area (Å²) in [7, 11) is 2.03. The lowest BCUT2D eigenvalue weighted by Crippen LogP contribution is -2.31. The first-order valence-corrected chi connectivity index (χ1v) is 7.23. The molecule has 2 heteroatoms. The molecular weight excluding hydrogens is 258 g/mol. The number of carbonyl (C=O) groups is 1. The largest absolute Gasteiger partial charge is 0.379 e. The number of ketones is 1. The minimum atomic E-state index is -0.0864. The smallest absolute Gasteiger partial charge is 0.174 e. The lowest BCUT2D eigenvalue weighted by Gasteiger charge is -2.29. The molecule has 0 aliphatic carbocycles. The van der Waals surface area contributed by atoms with Gasteiger partial charge in [0.05, 0.1) is 5.92 Å². The average Bonchev–Trinajstić information content (AvgIpc) is 2.50. The molecule has 106 valence electrons. The molecule has 2 aromatic rings. The molecule has 0 aromatic heterocycles. The first kappa shape index (κ1) is 13.6. The summed E-state index contributed by atoms with van der Waals surface area (Å²) in [5.74, 6) is 0.126. The van der Waals surface area contributed by atoms with Gasteiger partial charge in [0.1, 0.15) is 0 Å².